The SMILES string of the molecule is N#Cc1nc(N2CCN(S(=O)(=O)c3c(Cl)cccc3Cl)CC2)ccc1Cl. The zero-order valence-electron chi connectivity index (χ0n) is 13.4. The number of halogens is 3. The Labute approximate surface area is 166 Å². The van der Waals surface area contributed by atoms with Gasteiger partial charge in [-0.25, -0.2) is 13.4 Å². The van der Waals surface area contributed by atoms with Gasteiger partial charge in [0.05, 0.1) is 15.1 Å². The van der Waals surface area contributed by atoms with Crippen molar-refractivity contribution in [1.29, 1.82) is 5.26 Å². The van der Waals surface area contributed by atoms with E-state index in [4.69, 9.17) is 40.1 Å². The van der Waals surface area contributed by atoms with E-state index in [-0.39, 0.29) is 38.7 Å². The lowest BCUT2D eigenvalue weighted by molar-refractivity contribution is 0.384. The van der Waals surface area contributed by atoms with E-state index in [2.05, 4.69) is 4.98 Å². The van der Waals surface area contributed by atoms with E-state index in [1.165, 1.54) is 16.4 Å². The van der Waals surface area contributed by atoms with Gasteiger partial charge in [0.1, 0.15) is 16.8 Å². The Morgan fingerprint density at radius 2 is 1.58 bits per heavy atom. The van der Waals surface area contributed by atoms with Gasteiger partial charge in [0, 0.05) is 26.2 Å². The molecule has 1 aromatic heterocycles. The second kappa shape index (κ2) is 7.59. The predicted molar refractivity (Wildman–Crippen MR) is 101 cm³/mol. The summed E-state index contributed by atoms with van der Waals surface area (Å²) in [5, 5.41) is 9.51. The topological polar surface area (TPSA) is 77.3 Å². The Balaban J connectivity index is 1.79. The van der Waals surface area contributed by atoms with Crippen LogP contribution in [0.1, 0.15) is 5.69 Å². The smallest absolute Gasteiger partial charge is 0.246 e. The first-order valence-corrected chi connectivity index (χ1v) is 10.2. The standard InChI is InChI=1S/C16H13Cl3N4O2S/c17-11-4-5-15(21-14(11)10-20)22-6-8-23(9-7-22)26(24,25)16-12(18)2-1-3-13(16)19/h1-5H,6-9H2. The Morgan fingerprint density at radius 1 is 0.962 bits per heavy atom. The number of pyridine rings is 1. The van der Waals surface area contributed by atoms with Crippen LogP contribution in [0.3, 0.4) is 0 Å². The Hall–Kier alpha value is -1.56. The molecule has 2 heterocycles. The van der Waals surface area contributed by atoms with Crippen LogP contribution in [-0.4, -0.2) is 43.9 Å². The molecule has 0 aliphatic carbocycles. The molecule has 1 saturated heterocycles. The summed E-state index contributed by atoms with van der Waals surface area (Å²) in [7, 11) is -3.80. The lowest BCUT2D eigenvalue weighted by Gasteiger charge is -2.35. The number of nitrogens with zero attached hydrogens (tertiary/aromatic N) is 4. The van der Waals surface area contributed by atoms with E-state index in [0.29, 0.717) is 18.9 Å². The summed E-state index contributed by atoms with van der Waals surface area (Å²) in [6.07, 6.45) is 0. The molecule has 1 aromatic carbocycles. The van der Waals surface area contributed by atoms with Gasteiger partial charge >= 0.3 is 0 Å². The number of aromatic nitrogens is 1. The predicted octanol–water partition coefficient (Wildman–Crippen LogP) is 3.42. The molecular formula is C16H13Cl3N4O2S. The summed E-state index contributed by atoms with van der Waals surface area (Å²) in [4.78, 5) is 6.04. The monoisotopic (exact) mass is 430 g/mol. The molecule has 136 valence electrons. The molecule has 26 heavy (non-hydrogen) atoms. The van der Waals surface area contributed by atoms with Crippen LogP contribution in [0.4, 0.5) is 5.82 Å². The van der Waals surface area contributed by atoms with Gasteiger partial charge in [-0.2, -0.15) is 9.57 Å². The molecule has 0 amide bonds. The van der Waals surface area contributed by atoms with E-state index in [1.807, 2.05) is 11.0 Å². The molecule has 3 rings (SSSR count). The highest BCUT2D eigenvalue weighted by Crippen LogP contribution is 2.32. The second-order valence-corrected chi connectivity index (χ2v) is 8.65. The molecule has 0 N–H and O–H groups in total. The minimum atomic E-state index is -3.80. The van der Waals surface area contributed by atoms with Crippen LogP contribution >= 0.6 is 34.8 Å². The highest BCUT2D eigenvalue weighted by atomic mass is 35.5. The number of piperazine rings is 1. The largest absolute Gasteiger partial charge is 0.354 e. The van der Waals surface area contributed by atoms with E-state index in [9.17, 15) is 8.42 Å². The van der Waals surface area contributed by atoms with Gasteiger partial charge in [0.25, 0.3) is 0 Å². The summed E-state index contributed by atoms with van der Waals surface area (Å²) < 4.78 is 27.1. The maximum absolute atomic E-state index is 12.9. The molecule has 1 fully saturated rings. The van der Waals surface area contributed by atoms with E-state index >= 15 is 0 Å². The lowest BCUT2D eigenvalue weighted by Crippen LogP contribution is -2.49. The zero-order valence-corrected chi connectivity index (χ0v) is 16.4. The first-order chi connectivity index (χ1) is 12.3. The third-order valence-electron chi connectivity index (χ3n) is 4.02. The minimum absolute atomic E-state index is 0.0758. The second-order valence-electron chi connectivity index (χ2n) is 5.55. The van der Waals surface area contributed by atoms with Crippen LogP contribution in [0.5, 0.6) is 0 Å². The Bertz CT molecular complexity index is 963. The van der Waals surface area contributed by atoms with Gasteiger partial charge < -0.3 is 4.90 Å². The summed E-state index contributed by atoms with van der Waals surface area (Å²) >= 11 is 18.0. The number of anilines is 1. The van der Waals surface area contributed by atoms with Gasteiger partial charge in [0.15, 0.2) is 5.69 Å². The van der Waals surface area contributed by atoms with Crippen molar-refractivity contribution in [2.24, 2.45) is 0 Å². The average molecular weight is 432 g/mol. The number of sulfonamides is 1. The number of benzene rings is 1. The number of rotatable bonds is 3. The van der Waals surface area contributed by atoms with E-state index < -0.39 is 10.0 Å². The molecular weight excluding hydrogens is 419 g/mol. The van der Waals surface area contributed by atoms with Crippen molar-refractivity contribution in [3.05, 3.63) is 51.1 Å². The first kappa shape index (κ1) is 19.2. The normalized spacial score (nSPS) is 15.7. The Morgan fingerprint density at radius 3 is 2.15 bits per heavy atom. The fourth-order valence-corrected chi connectivity index (χ4v) is 5.36. The molecule has 10 heteroatoms. The van der Waals surface area contributed by atoms with Crippen molar-refractivity contribution in [2.75, 3.05) is 31.1 Å². The summed E-state index contributed by atoms with van der Waals surface area (Å²) in [6.45, 7) is 1.33. The van der Waals surface area contributed by atoms with E-state index in [0.717, 1.165) is 0 Å². The molecule has 1 aliphatic rings. The summed E-state index contributed by atoms with van der Waals surface area (Å²) in [5.74, 6) is 0.582. The fourth-order valence-electron chi connectivity index (χ4n) is 2.70. The quantitative estimate of drug-likeness (QED) is 0.744. The highest BCUT2D eigenvalue weighted by Gasteiger charge is 2.32. The van der Waals surface area contributed by atoms with Crippen LogP contribution in [0.25, 0.3) is 0 Å². The molecule has 1 aliphatic heterocycles. The van der Waals surface area contributed by atoms with Crippen LogP contribution in [-0.2, 0) is 10.0 Å². The molecule has 0 unspecified atom stereocenters. The van der Waals surface area contributed by atoms with Gasteiger partial charge in [-0.3, -0.25) is 0 Å². The maximum atomic E-state index is 12.9. The lowest BCUT2D eigenvalue weighted by atomic mass is 10.3. The van der Waals surface area contributed by atoms with Gasteiger partial charge in [-0.05, 0) is 24.3 Å². The molecule has 0 spiro atoms. The van der Waals surface area contributed by atoms with Crippen molar-refractivity contribution in [3.63, 3.8) is 0 Å². The highest BCUT2D eigenvalue weighted by molar-refractivity contribution is 7.89. The number of nitriles is 1. The maximum Gasteiger partial charge on any atom is 0.246 e. The van der Waals surface area contributed by atoms with Gasteiger partial charge in [-0.1, -0.05) is 40.9 Å². The van der Waals surface area contributed by atoms with Crippen LogP contribution < -0.4 is 4.90 Å². The fraction of sp³-hybridized carbons (Fsp3) is 0.250. The van der Waals surface area contributed by atoms with Crippen molar-refractivity contribution < 1.29 is 8.42 Å². The number of hydrogen-bond acceptors (Lipinski definition) is 5. The van der Waals surface area contributed by atoms with Crippen molar-refractivity contribution in [2.45, 2.75) is 4.90 Å². The van der Waals surface area contributed by atoms with Crippen molar-refractivity contribution in [1.82, 2.24) is 9.29 Å². The van der Waals surface area contributed by atoms with Crippen LogP contribution in [0, 0.1) is 11.3 Å². The van der Waals surface area contributed by atoms with E-state index in [1.54, 1.807) is 18.2 Å². The van der Waals surface area contributed by atoms with Gasteiger partial charge in [0.2, 0.25) is 10.0 Å². The summed E-state index contributed by atoms with van der Waals surface area (Å²) in [5.41, 5.74) is 0.141. The van der Waals surface area contributed by atoms with Crippen molar-refractivity contribution >= 4 is 50.6 Å². The molecule has 0 saturated carbocycles. The number of hydrogen-bond donors (Lipinski definition) is 0. The molecule has 2 aromatic rings. The molecule has 6 nitrogen and oxygen atoms in total. The zero-order chi connectivity index (χ0) is 18.9. The van der Waals surface area contributed by atoms with Crippen LogP contribution in [0.15, 0.2) is 35.2 Å². The Kier molecular flexibility index (Phi) is 5.61. The minimum Gasteiger partial charge on any atom is -0.354 e. The van der Waals surface area contributed by atoms with Crippen molar-refractivity contribution in [3.8, 4) is 6.07 Å². The van der Waals surface area contributed by atoms with Gasteiger partial charge in [-0.15, -0.1) is 0 Å². The molecule has 0 radical (unpaired) electrons. The molecule has 0 atom stereocenters. The summed E-state index contributed by atoms with van der Waals surface area (Å²) in [6, 6.07) is 9.84. The third kappa shape index (κ3) is 3.61. The third-order valence-corrected chi connectivity index (χ3v) is 7.18. The molecule has 0 bridgehead atoms. The van der Waals surface area contributed by atoms with Crippen LogP contribution in [0.2, 0.25) is 15.1 Å². The first-order valence-electron chi connectivity index (χ1n) is 7.60. The average Bonchev–Trinajstić information content (AvgIpc) is 2.62.